The maximum Gasteiger partial charge on any atom is 0.146 e. The fourth-order valence-electron chi connectivity index (χ4n) is 2.72. The van der Waals surface area contributed by atoms with Gasteiger partial charge in [-0.2, -0.15) is 0 Å². The van der Waals surface area contributed by atoms with Gasteiger partial charge in [0.2, 0.25) is 0 Å². The second kappa shape index (κ2) is 5.74. The quantitative estimate of drug-likeness (QED) is 0.920. The zero-order chi connectivity index (χ0) is 14.8. The molecule has 1 N–H and O–H groups in total. The van der Waals surface area contributed by atoms with Gasteiger partial charge in [0, 0.05) is 17.7 Å². The predicted octanol–water partition coefficient (Wildman–Crippen LogP) is 3.28. The number of nitrogens with zero attached hydrogens (tertiary/aromatic N) is 1. The Morgan fingerprint density at radius 2 is 2.00 bits per heavy atom. The third-order valence-corrected chi connectivity index (χ3v) is 3.74. The van der Waals surface area contributed by atoms with Gasteiger partial charge in [0.25, 0.3) is 0 Å². The number of anilines is 1. The zero-order valence-corrected chi connectivity index (χ0v) is 11.9. The highest BCUT2D eigenvalue weighted by Crippen LogP contribution is 2.33. The maximum absolute atomic E-state index is 14.3. The van der Waals surface area contributed by atoms with E-state index in [0.717, 1.165) is 11.3 Å². The second-order valence-corrected chi connectivity index (χ2v) is 5.23. The predicted molar refractivity (Wildman–Crippen MR) is 80.0 cm³/mol. The average Bonchev–Trinajstić information content (AvgIpc) is 2.68. The second-order valence-electron chi connectivity index (χ2n) is 5.23. The van der Waals surface area contributed by atoms with E-state index in [2.05, 4.69) is 0 Å². The number of halogens is 1. The molecule has 0 unspecified atom stereocenters. The SMILES string of the molecule is C[C@H](O)c1cccc(F)c1N1CCOc2ccccc2C1. The number of aliphatic hydroxyl groups excluding tert-OH is 1. The fraction of sp³-hybridized carbons (Fsp3) is 0.294. The van der Waals surface area contributed by atoms with Crippen LogP contribution in [0, 0.1) is 5.82 Å². The summed E-state index contributed by atoms with van der Waals surface area (Å²) in [5.41, 5.74) is 2.09. The van der Waals surface area contributed by atoms with Crippen LogP contribution in [0.3, 0.4) is 0 Å². The van der Waals surface area contributed by atoms with E-state index in [1.807, 2.05) is 29.2 Å². The number of rotatable bonds is 2. The Labute approximate surface area is 123 Å². The van der Waals surface area contributed by atoms with Crippen molar-refractivity contribution >= 4 is 5.69 Å². The topological polar surface area (TPSA) is 32.7 Å². The van der Waals surface area contributed by atoms with Crippen molar-refractivity contribution < 1.29 is 14.2 Å². The molecule has 110 valence electrons. The number of ether oxygens (including phenoxy) is 1. The van der Waals surface area contributed by atoms with E-state index >= 15 is 0 Å². The minimum absolute atomic E-state index is 0.312. The van der Waals surface area contributed by atoms with Crippen molar-refractivity contribution in [2.45, 2.75) is 19.6 Å². The molecule has 2 aromatic carbocycles. The first kappa shape index (κ1) is 13.9. The number of hydrogen-bond donors (Lipinski definition) is 1. The van der Waals surface area contributed by atoms with Crippen LogP contribution >= 0.6 is 0 Å². The summed E-state index contributed by atoms with van der Waals surface area (Å²) in [7, 11) is 0. The van der Waals surface area contributed by atoms with Gasteiger partial charge in [-0.05, 0) is 19.1 Å². The summed E-state index contributed by atoms with van der Waals surface area (Å²) in [6.45, 7) is 3.29. The lowest BCUT2D eigenvalue weighted by Crippen LogP contribution is -2.27. The van der Waals surface area contributed by atoms with Gasteiger partial charge in [-0.25, -0.2) is 4.39 Å². The fourth-order valence-corrected chi connectivity index (χ4v) is 2.72. The summed E-state index contributed by atoms with van der Waals surface area (Å²) in [5.74, 6) is 0.530. The molecule has 0 fully saturated rings. The van der Waals surface area contributed by atoms with Crippen molar-refractivity contribution in [2.75, 3.05) is 18.1 Å². The lowest BCUT2D eigenvalue weighted by Gasteiger charge is -2.26. The summed E-state index contributed by atoms with van der Waals surface area (Å²) >= 11 is 0. The third kappa shape index (κ3) is 2.72. The van der Waals surface area contributed by atoms with E-state index < -0.39 is 6.10 Å². The smallest absolute Gasteiger partial charge is 0.146 e. The first-order valence-electron chi connectivity index (χ1n) is 7.09. The molecule has 0 bridgehead atoms. The molecule has 1 aliphatic heterocycles. The zero-order valence-electron chi connectivity index (χ0n) is 11.9. The largest absolute Gasteiger partial charge is 0.491 e. The minimum Gasteiger partial charge on any atom is -0.491 e. The molecule has 0 radical (unpaired) electrons. The summed E-state index contributed by atoms with van der Waals surface area (Å²) in [6, 6.07) is 12.6. The standard InChI is InChI=1S/C17H18FNO2/c1-12(20)14-6-4-7-15(18)17(14)19-9-10-21-16-8-3-2-5-13(16)11-19/h2-8,12,20H,9-11H2,1H3/t12-/m0/s1. The normalized spacial score (nSPS) is 15.9. The first-order chi connectivity index (χ1) is 10.2. The molecular weight excluding hydrogens is 269 g/mol. The van der Waals surface area contributed by atoms with Crippen molar-refractivity contribution in [1.82, 2.24) is 0 Å². The highest BCUT2D eigenvalue weighted by molar-refractivity contribution is 5.57. The van der Waals surface area contributed by atoms with Crippen molar-refractivity contribution in [3.05, 3.63) is 59.4 Å². The number of hydrogen-bond acceptors (Lipinski definition) is 3. The molecule has 0 saturated heterocycles. The van der Waals surface area contributed by atoms with Crippen LogP contribution in [0.15, 0.2) is 42.5 Å². The molecule has 0 aliphatic carbocycles. The van der Waals surface area contributed by atoms with E-state index in [1.165, 1.54) is 6.07 Å². The molecule has 1 aliphatic rings. The van der Waals surface area contributed by atoms with Crippen molar-refractivity contribution in [3.8, 4) is 5.75 Å². The van der Waals surface area contributed by atoms with Crippen LogP contribution in [0.5, 0.6) is 5.75 Å². The summed E-state index contributed by atoms with van der Waals surface area (Å²) < 4.78 is 20.0. The van der Waals surface area contributed by atoms with Crippen molar-refractivity contribution in [3.63, 3.8) is 0 Å². The molecule has 4 heteroatoms. The van der Waals surface area contributed by atoms with Gasteiger partial charge in [-0.3, -0.25) is 0 Å². The number of aliphatic hydroxyl groups is 1. The Morgan fingerprint density at radius 3 is 2.81 bits per heavy atom. The Kier molecular flexibility index (Phi) is 3.80. The van der Waals surface area contributed by atoms with Gasteiger partial charge in [0.15, 0.2) is 0 Å². The Balaban J connectivity index is 2.02. The van der Waals surface area contributed by atoms with E-state index in [1.54, 1.807) is 19.1 Å². The van der Waals surface area contributed by atoms with E-state index in [0.29, 0.717) is 30.9 Å². The van der Waals surface area contributed by atoms with Crippen LogP contribution in [0.2, 0.25) is 0 Å². The van der Waals surface area contributed by atoms with Gasteiger partial charge in [0.05, 0.1) is 18.3 Å². The molecule has 0 spiro atoms. The number of fused-ring (bicyclic) bond motifs is 1. The molecular formula is C17H18FNO2. The molecule has 1 heterocycles. The van der Waals surface area contributed by atoms with Crippen LogP contribution in [0.1, 0.15) is 24.2 Å². The first-order valence-corrected chi connectivity index (χ1v) is 7.09. The maximum atomic E-state index is 14.3. The molecule has 3 nitrogen and oxygen atoms in total. The molecule has 0 saturated carbocycles. The molecule has 3 rings (SSSR count). The summed E-state index contributed by atoms with van der Waals surface area (Å²) in [6.07, 6.45) is -0.713. The Morgan fingerprint density at radius 1 is 1.19 bits per heavy atom. The van der Waals surface area contributed by atoms with Crippen molar-refractivity contribution in [1.29, 1.82) is 0 Å². The molecule has 2 aromatic rings. The van der Waals surface area contributed by atoms with Gasteiger partial charge in [0.1, 0.15) is 18.2 Å². The average molecular weight is 287 g/mol. The van der Waals surface area contributed by atoms with Crippen LogP contribution in [-0.2, 0) is 6.54 Å². The van der Waals surface area contributed by atoms with Crippen LogP contribution in [-0.4, -0.2) is 18.3 Å². The van der Waals surface area contributed by atoms with Crippen LogP contribution < -0.4 is 9.64 Å². The van der Waals surface area contributed by atoms with Gasteiger partial charge in [-0.15, -0.1) is 0 Å². The highest BCUT2D eigenvalue weighted by atomic mass is 19.1. The monoisotopic (exact) mass is 287 g/mol. The summed E-state index contributed by atoms with van der Waals surface area (Å²) in [4.78, 5) is 1.93. The van der Waals surface area contributed by atoms with Gasteiger partial charge >= 0.3 is 0 Å². The minimum atomic E-state index is -0.713. The van der Waals surface area contributed by atoms with Crippen molar-refractivity contribution in [2.24, 2.45) is 0 Å². The Bertz CT molecular complexity index is 642. The highest BCUT2D eigenvalue weighted by Gasteiger charge is 2.22. The van der Waals surface area contributed by atoms with Crippen LogP contribution in [0.25, 0.3) is 0 Å². The lowest BCUT2D eigenvalue weighted by molar-refractivity contribution is 0.199. The number of para-hydroxylation sites is 2. The number of benzene rings is 2. The Hall–Kier alpha value is -2.07. The van der Waals surface area contributed by atoms with Gasteiger partial charge in [-0.1, -0.05) is 30.3 Å². The molecule has 21 heavy (non-hydrogen) atoms. The summed E-state index contributed by atoms with van der Waals surface area (Å²) in [5, 5.41) is 9.90. The van der Waals surface area contributed by atoms with E-state index in [-0.39, 0.29) is 5.82 Å². The molecule has 0 aromatic heterocycles. The van der Waals surface area contributed by atoms with Crippen LogP contribution in [0.4, 0.5) is 10.1 Å². The van der Waals surface area contributed by atoms with Gasteiger partial charge < -0.3 is 14.7 Å². The lowest BCUT2D eigenvalue weighted by atomic mass is 10.1. The van der Waals surface area contributed by atoms with E-state index in [9.17, 15) is 9.50 Å². The molecule has 1 atom stereocenters. The molecule has 0 amide bonds. The van der Waals surface area contributed by atoms with E-state index in [4.69, 9.17) is 4.74 Å². The third-order valence-electron chi connectivity index (χ3n) is 3.74.